The van der Waals surface area contributed by atoms with E-state index in [-0.39, 0.29) is 5.96 Å². The fourth-order valence-corrected chi connectivity index (χ4v) is 1.79. The lowest BCUT2D eigenvalue weighted by Crippen LogP contribution is -2.22. The zero-order valence-corrected chi connectivity index (χ0v) is 8.70. The van der Waals surface area contributed by atoms with Crippen molar-refractivity contribution in [1.29, 1.82) is 0 Å². The van der Waals surface area contributed by atoms with Gasteiger partial charge in [-0.2, -0.15) is 5.10 Å². The molecule has 0 saturated heterocycles. The monoisotopic (exact) mass is 202 g/mol. The number of rotatable bonds is 1. The van der Waals surface area contributed by atoms with Gasteiger partial charge in [0.25, 0.3) is 0 Å². The van der Waals surface area contributed by atoms with Crippen LogP contribution in [0.1, 0.15) is 23.1 Å². The molecular formula is C11H14N4. The van der Waals surface area contributed by atoms with Crippen LogP contribution in [0.3, 0.4) is 0 Å². The Balaban J connectivity index is 2.39. The molecule has 4 heteroatoms. The van der Waals surface area contributed by atoms with Crippen molar-refractivity contribution >= 4 is 11.7 Å². The van der Waals surface area contributed by atoms with Crippen LogP contribution in [-0.4, -0.2) is 11.7 Å². The molecule has 0 radical (unpaired) electrons. The number of hydrogen-bond acceptors (Lipinski definition) is 2. The lowest BCUT2D eigenvalue weighted by Gasteiger charge is -2.00. The number of benzene rings is 1. The Morgan fingerprint density at radius 1 is 1.27 bits per heavy atom. The quantitative estimate of drug-likeness (QED) is 0.403. The Kier molecular flexibility index (Phi) is 2.41. The second-order valence-corrected chi connectivity index (χ2v) is 3.73. The average Bonchev–Trinajstić information content (AvgIpc) is 2.57. The van der Waals surface area contributed by atoms with Crippen molar-refractivity contribution in [3.63, 3.8) is 0 Å². The normalized spacial score (nSPS) is 16.5. The van der Waals surface area contributed by atoms with Gasteiger partial charge in [-0.15, -0.1) is 5.10 Å². The summed E-state index contributed by atoms with van der Waals surface area (Å²) in [6.07, 6.45) is 1.93. The summed E-state index contributed by atoms with van der Waals surface area (Å²) in [6.45, 7) is 2.07. The molecule has 1 aromatic rings. The molecule has 1 aromatic carbocycles. The van der Waals surface area contributed by atoms with Gasteiger partial charge in [0.2, 0.25) is 5.96 Å². The van der Waals surface area contributed by atoms with Crippen LogP contribution in [0.25, 0.3) is 0 Å². The highest BCUT2D eigenvalue weighted by Crippen LogP contribution is 2.23. The Hall–Kier alpha value is -1.84. The molecule has 0 heterocycles. The molecule has 4 nitrogen and oxygen atoms in total. The lowest BCUT2D eigenvalue weighted by molar-refractivity contribution is 1.08. The van der Waals surface area contributed by atoms with Crippen LogP contribution in [0, 0.1) is 6.92 Å². The first-order valence-electron chi connectivity index (χ1n) is 4.92. The average molecular weight is 202 g/mol. The van der Waals surface area contributed by atoms with E-state index in [2.05, 4.69) is 35.3 Å². The first kappa shape index (κ1) is 9.71. The smallest absolute Gasteiger partial charge is 0.211 e. The highest BCUT2D eigenvalue weighted by Gasteiger charge is 2.17. The molecule has 0 fully saturated rings. The molecule has 1 aliphatic rings. The summed E-state index contributed by atoms with van der Waals surface area (Å²) in [5.74, 6) is 0.00334. The first-order valence-corrected chi connectivity index (χ1v) is 4.92. The summed E-state index contributed by atoms with van der Waals surface area (Å²) in [7, 11) is 0. The molecule has 2 rings (SSSR count). The van der Waals surface area contributed by atoms with Gasteiger partial charge >= 0.3 is 0 Å². The number of fused-ring (bicyclic) bond motifs is 1. The summed E-state index contributed by atoms with van der Waals surface area (Å²) in [5.41, 5.74) is 15.2. The van der Waals surface area contributed by atoms with Gasteiger partial charge in [-0.25, -0.2) is 0 Å². The predicted octanol–water partition coefficient (Wildman–Crippen LogP) is 0.919. The molecule has 0 bridgehead atoms. The van der Waals surface area contributed by atoms with Crippen LogP contribution in [0.5, 0.6) is 0 Å². The topological polar surface area (TPSA) is 76.8 Å². The van der Waals surface area contributed by atoms with Gasteiger partial charge in [-0.05, 0) is 31.4 Å². The van der Waals surface area contributed by atoms with Crippen LogP contribution >= 0.6 is 0 Å². The number of hydrogen-bond donors (Lipinski definition) is 2. The molecule has 0 spiro atoms. The molecule has 0 amide bonds. The van der Waals surface area contributed by atoms with Gasteiger partial charge < -0.3 is 11.5 Å². The van der Waals surface area contributed by atoms with Gasteiger partial charge in [0.05, 0.1) is 5.71 Å². The maximum absolute atomic E-state index is 5.24. The van der Waals surface area contributed by atoms with Crippen molar-refractivity contribution in [2.75, 3.05) is 0 Å². The van der Waals surface area contributed by atoms with Gasteiger partial charge in [0.1, 0.15) is 0 Å². The van der Waals surface area contributed by atoms with E-state index in [0.717, 1.165) is 18.6 Å². The first-order chi connectivity index (χ1) is 7.16. The SMILES string of the molecule is Cc1ccc2c(c1)C(=NN=C(N)N)CC2. The van der Waals surface area contributed by atoms with Crippen LogP contribution in [0.4, 0.5) is 0 Å². The fraction of sp³-hybridized carbons (Fsp3) is 0.273. The van der Waals surface area contributed by atoms with Crippen LogP contribution in [-0.2, 0) is 6.42 Å². The number of nitrogens with two attached hydrogens (primary N) is 2. The van der Waals surface area contributed by atoms with E-state index in [4.69, 9.17) is 11.5 Å². The van der Waals surface area contributed by atoms with E-state index in [1.54, 1.807) is 0 Å². The van der Waals surface area contributed by atoms with Crippen LogP contribution < -0.4 is 11.5 Å². The summed E-state index contributed by atoms with van der Waals surface area (Å²) >= 11 is 0. The number of nitrogens with zero attached hydrogens (tertiary/aromatic N) is 2. The third-order valence-electron chi connectivity index (χ3n) is 2.49. The molecule has 0 aliphatic heterocycles. The second-order valence-electron chi connectivity index (χ2n) is 3.73. The lowest BCUT2D eigenvalue weighted by atomic mass is 10.1. The second kappa shape index (κ2) is 3.73. The van der Waals surface area contributed by atoms with E-state index in [0.29, 0.717) is 0 Å². The standard InChI is InChI=1S/C11H14N4/c1-7-2-3-8-4-5-10(9(8)6-7)14-15-11(12)13/h2-3,6H,4-5H2,1H3,(H4,12,13,15). The molecule has 1 aliphatic carbocycles. The minimum Gasteiger partial charge on any atom is -0.369 e. The summed E-state index contributed by atoms with van der Waals surface area (Å²) in [6, 6.07) is 6.38. The van der Waals surface area contributed by atoms with Crippen molar-refractivity contribution in [3.05, 3.63) is 34.9 Å². The van der Waals surface area contributed by atoms with E-state index in [1.165, 1.54) is 16.7 Å². The molecule has 0 atom stereocenters. The molecule has 4 N–H and O–H groups in total. The minimum absolute atomic E-state index is 0.00334. The zero-order chi connectivity index (χ0) is 10.8. The van der Waals surface area contributed by atoms with E-state index in [1.807, 2.05) is 0 Å². The molecule has 78 valence electrons. The summed E-state index contributed by atoms with van der Waals surface area (Å²) in [5, 5.41) is 7.76. The Morgan fingerprint density at radius 3 is 2.80 bits per heavy atom. The molecule has 0 saturated carbocycles. The van der Waals surface area contributed by atoms with Crippen molar-refractivity contribution < 1.29 is 0 Å². The van der Waals surface area contributed by atoms with E-state index in [9.17, 15) is 0 Å². The largest absolute Gasteiger partial charge is 0.369 e. The minimum atomic E-state index is 0.00334. The highest BCUT2D eigenvalue weighted by atomic mass is 15.3. The van der Waals surface area contributed by atoms with Crippen molar-refractivity contribution in [1.82, 2.24) is 0 Å². The Labute approximate surface area is 88.7 Å². The zero-order valence-electron chi connectivity index (χ0n) is 8.70. The van der Waals surface area contributed by atoms with Gasteiger partial charge in [0.15, 0.2) is 0 Å². The molecule has 0 unspecified atom stereocenters. The Bertz CT molecular complexity index is 442. The van der Waals surface area contributed by atoms with Crippen LogP contribution in [0.15, 0.2) is 28.4 Å². The molecular weight excluding hydrogens is 188 g/mol. The number of guanidine groups is 1. The van der Waals surface area contributed by atoms with Crippen LogP contribution in [0.2, 0.25) is 0 Å². The summed E-state index contributed by atoms with van der Waals surface area (Å²) in [4.78, 5) is 0. The highest BCUT2D eigenvalue weighted by molar-refractivity contribution is 6.04. The van der Waals surface area contributed by atoms with Crippen molar-refractivity contribution in [2.45, 2.75) is 19.8 Å². The molecule has 0 aromatic heterocycles. The summed E-state index contributed by atoms with van der Waals surface area (Å²) < 4.78 is 0. The number of aryl methyl sites for hydroxylation is 2. The van der Waals surface area contributed by atoms with Gasteiger partial charge in [-0.1, -0.05) is 17.7 Å². The van der Waals surface area contributed by atoms with Gasteiger partial charge in [-0.3, -0.25) is 0 Å². The maximum atomic E-state index is 5.24. The van der Waals surface area contributed by atoms with E-state index < -0.39 is 0 Å². The van der Waals surface area contributed by atoms with E-state index >= 15 is 0 Å². The third kappa shape index (κ3) is 1.98. The van der Waals surface area contributed by atoms with Gasteiger partial charge in [0, 0.05) is 5.56 Å². The predicted molar refractivity (Wildman–Crippen MR) is 61.8 cm³/mol. The fourth-order valence-electron chi connectivity index (χ4n) is 1.79. The molecule has 15 heavy (non-hydrogen) atoms. The van der Waals surface area contributed by atoms with Crippen molar-refractivity contribution in [2.24, 2.45) is 21.7 Å². The van der Waals surface area contributed by atoms with Crippen molar-refractivity contribution in [3.8, 4) is 0 Å². The maximum Gasteiger partial charge on any atom is 0.211 e. The Morgan fingerprint density at radius 2 is 2.07 bits per heavy atom. The third-order valence-corrected chi connectivity index (χ3v) is 2.49.